The Kier molecular flexibility index (Phi) is 4.48. The van der Waals surface area contributed by atoms with Gasteiger partial charge in [-0.15, -0.1) is 0 Å². The predicted molar refractivity (Wildman–Crippen MR) is 101 cm³/mol. The van der Waals surface area contributed by atoms with Crippen LogP contribution in [0.3, 0.4) is 0 Å². The van der Waals surface area contributed by atoms with E-state index in [0.717, 1.165) is 48.0 Å². The summed E-state index contributed by atoms with van der Waals surface area (Å²) in [5.41, 5.74) is 8.31. The number of fused-ring (bicyclic) bond motifs is 1. The first kappa shape index (κ1) is 16.4. The third-order valence-corrected chi connectivity index (χ3v) is 4.97. The third-order valence-electron chi connectivity index (χ3n) is 4.97. The number of nitrogens with two attached hydrogens (primary N) is 1. The molecule has 4 rings (SSSR count). The van der Waals surface area contributed by atoms with Gasteiger partial charge in [0.05, 0.1) is 11.2 Å². The molecule has 1 atom stereocenters. The minimum absolute atomic E-state index is 0.0698. The number of hydrogen-bond donors (Lipinski definition) is 1. The number of aromatic nitrogens is 3. The Labute approximate surface area is 152 Å². The maximum atomic E-state index is 13.1. The molecule has 0 saturated carbocycles. The van der Waals surface area contributed by atoms with E-state index in [4.69, 9.17) is 5.73 Å². The van der Waals surface area contributed by atoms with Crippen molar-refractivity contribution in [3.05, 3.63) is 60.2 Å². The highest BCUT2D eigenvalue weighted by Gasteiger charge is 2.26. The summed E-state index contributed by atoms with van der Waals surface area (Å²) in [6.07, 6.45) is 7.82. The zero-order valence-corrected chi connectivity index (χ0v) is 14.5. The fourth-order valence-corrected chi connectivity index (χ4v) is 3.68. The van der Waals surface area contributed by atoms with E-state index in [2.05, 4.69) is 15.0 Å². The smallest absolute Gasteiger partial charge is 0.254 e. The topological polar surface area (TPSA) is 85.0 Å². The largest absolute Gasteiger partial charge is 0.382 e. The fourth-order valence-electron chi connectivity index (χ4n) is 3.68. The maximum Gasteiger partial charge on any atom is 0.254 e. The molecular formula is C20H21N5O. The van der Waals surface area contributed by atoms with Crippen molar-refractivity contribution in [1.82, 2.24) is 19.9 Å². The summed E-state index contributed by atoms with van der Waals surface area (Å²) in [6.45, 7) is 1.49. The molecule has 1 aliphatic rings. The summed E-state index contributed by atoms with van der Waals surface area (Å²) >= 11 is 0. The molecule has 0 unspecified atom stereocenters. The van der Waals surface area contributed by atoms with Crippen molar-refractivity contribution in [1.29, 1.82) is 0 Å². The molecule has 3 heterocycles. The highest BCUT2D eigenvalue weighted by Crippen LogP contribution is 2.25. The van der Waals surface area contributed by atoms with Crippen molar-refractivity contribution in [3.63, 3.8) is 0 Å². The predicted octanol–water partition coefficient (Wildman–Crippen LogP) is 2.70. The van der Waals surface area contributed by atoms with E-state index in [1.54, 1.807) is 18.6 Å². The van der Waals surface area contributed by atoms with Crippen LogP contribution in [0, 0.1) is 5.92 Å². The number of hydrogen-bond acceptors (Lipinski definition) is 5. The van der Waals surface area contributed by atoms with Gasteiger partial charge in [-0.05, 0) is 43.4 Å². The Bertz CT molecular complexity index is 937. The van der Waals surface area contributed by atoms with E-state index in [1.165, 1.54) is 0 Å². The lowest BCUT2D eigenvalue weighted by molar-refractivity contribution is 0.0675. The second-order valence-corrected chi connectivity index (χ2v) is 6.73. The van der Waals surface area contributed by atoms with Gasteiger partial charge in [0.1, 0.15) is 5.82 Å². The number of piperidine rings is 1. The van der Waals surface area contributed by atoms with Gasteiger partial charge in [0.25, 0.3) is 5.91 Å². The van der Waals surface area contributed by atoms with Crippen LogP contribution in [0.1, 0.15) is 28.9 Å². The molecule has 1 aliphatic heterocycles. The summed E-state index contributed by atoms with van der Waals surface area (Å²) in [5.74, 6) is 0.899. The minimum Gasteiger partial charge on any atom is -0.382 e. The second-order valence-electron chi connectivity index (χ2n) is 6.73. The van der Waals surface area contributed by atoms with E-state index in [1.807, 2.05) is 35.2 Å². The lowest BCUT2D eigenvalue weighted by Gasteiger charge is -2.33. The van der Waals surface area contributed by atoms with Gasteiger partial charge in [-0.25, -0.2) is 4.98 Å². The molecule has 0 spiro atoms. The van der Waals surface area contributed by atoms with Crippen LogP contribution in [0.4, 0.5) is 5.82 Å². The average Bonchev–Trinajstić information content (AvgIpc) is 2.69. The first-order valence-electron chi connectivity index (χ1n) is 8.91. The summed E-state index contributed by atoms with van der Waals surface area (Å²) in [6, 6.07) is 9.54. The number of benzene rings is 1. The number of carbonyl (C=O) groups excluding carboxylic acids is 1. The molecular weight excluding hydrogens is 326 g/mol. The van der Waals surface area contributed by atoms with Crippen molar-refractivity contribution in [2.45, 2.75) is 19.3 Å². The van der Waals surface area contributed by atoms with Gasteiger partial charge in [-0.3, -0.25) is 14.8 Å². The van der Waals surface area contributed by atoms with Crippen LogP contribution in [0.2, 0.25) is 0 Å². The van der Waals surface area contributed by atoms with Gasteiger partial charge < -0.3 is 10.6 Å². The van der Waals surface area contributed by atoms with Crippen LogP contribution in [-0.2, 0) is 6.42 Å². The molecule has 0 bridgehead atoms. The molecule has 6 nitrogen and oxygen atoms in total. The highest BCUT2D eigenvalue weighted by atomic mass is 16.2. The second kappa shape index (κ2) is 7.07. The Hall–Kier alpha value is -3.02. The number of nitrogens with zero attached hydrogens (tertiary/aromatic N) is 4. The molecule has 1 aromatic carbocycles. The van der Waals surface area contributed by atoms with Crippen molar-refractivity contribution >= 4 is 22.6 Å². The normalized spacial score (nSPS) is 17.4. The van der Waals surface area contributed by atoms with Gasteiger partial charge in [0.15, 0.2) is 0 Å². The molecule has 1 saturated heterocycles. The number of nitrogen functional groups attached to an aromatic ring is 1. The van der Waals surface area contributed by atoms with E-state index in [9.17, 15) is 4.79 Å². The number of anilines is 1. The average molecular weight is 347 g/mol. The first-order valence-corrected chi connectivity index (χ1v) is 8.91. The van der Waals surface area contributed by atoms with Crippen LogP contribution in [0.25, 0.3) is 10.9 Å². The van der Waals surface area contributed by atoms with Crippen LogP contribution < -0.4 is 5.73 Å². The third kappa shape index (κ3) is 3.22. The van der Waals surface area contributed by atoms with Crippen molar-refractivity contribution in [2.75, 3.05) is 18.8 Å². The number of carbonyl (C=O) groups is 1. The number of likely N-dealkylation sites (tertiary alicyclic amines) is 1. The quantitative estimate of drug-likeness (QED) is 0.787. The maximum absolute atomic E-state index is 13.1. The summed E-state index contributed by atoms with van der Waals surface area (Å²) in [7, 11) is 0. The molecule has 2 aromatic heterocycles. The number of rotatable bonds is 3. The minimum atomic E-state index is 0.0698. The molecule has 26 heavy (non-hydrogen) atoms. The molecule has 0 radical (unpaired) electrons. The van der Waals surface area contributed by atoms with E-state index in [0.29, 0.717) is 18.3 Å². The Morgan fingerprint density at radius 1 is 1.12 bits per heavy atom. The Morgan fingerprint density at radius 2 is 2.00 bits per heavy atom. The van der Waals surface area contributed by atoms with Gasteiger partial charge in [-0.2, -0.15) is 0 Å². The molecule has 3 aromatic rings. The molecule has 1 fully saturated rings. The van der Waals surface area contributed by atoms with Crippen LogP contribution in [0.5, 0.6) is 0 Å². The van der Waals surface area contributed by atoms with E-state index in [-0.39, 0.29) is 5.91 Å². The monoisotopic (exact) mass is 347 g/mol. The summed E-state index contributed by atoms with van der Waals surface area (Å²) < 4.78 is 0. The summed E-state index contributed by atoms with van der Waals surface area (Å²) in [4.78, 5) is 27.9. The number of amides is 1. The summed E-state index contributed by atoms with van der Waals surface area (Å²) in [5, 5.41) is 0.903. The molecule has 0 aliphatic carbocycles. The van der Waals surface area contributed by atoms with Crippen LogP contribution in [0.15, 0.2) is 48.9 Å². The SMILES string of the molecule is Nc1nccnc1C[C@@H]1CCCN(C(=O)c2cccc3ncccc23)C1. The highest BCUT2D eigenvalue weighted by molar-refractivity contribution is 6.06. The van der Waals surface area contributed by atoms with Crippen LogP contribution in [-0.4, -0.2) is 38.8 Å². The number of pyridine rings is 1. The standard InChI is InChI=1S/C20H21N5O/c21-19-18(23-9-10-24-19)12-14-4-3-11-25(13-14)20(26)16-5-1-7-17-15(16)6-2-8-22-17/h1-2,5-10,14H,3-4,11-13H2,(H2,21,24)/t14-/m0/s1. The zero-order valence-electron chi connectivity index (χ0n) is 14.5. The Morgan fingerprint density at radius 3 is 2.88 bits per heavy atom. The Balaban J connectivity index is 1.54. The molecule has 1 amide bonds. The zero-order chi connectivity index (χ0) is 17.9. The fraction of sp³-hybridized carbons (Fsp3) is 0.300. The van der Waals surface area contributed by atoms with Gasteiger partial charge in [0.2, 0.25) is 0 Å². The lowest BCUT2D eigenvalue weighted by atomic mass is 9.92. The van der Waals surface area contributed by atoms with Gasteiger partial charge in [0, 0.05) is 42.6 Å². The van der Waals surface area contributed by atoms with Crippen LogP contribution >= 0.6 is 0 Å². The van der Waals surface area contributed by atoms with E-state index >= 15 is 0 Å². The van der Waals surface area contributed by atoms with Gasteiger partial charge >= 0.3 is 0 Å². The molecule has 6 heteroatoms. The molecule has 2 N–H and O–H groups in total. The van der Waals surface area contributed by atoms with Crippen molar-refractivity contribution in [2.24, 2.45) is 5.92 Å². The van der Waals surface area contributed by atoms with Crippen molar-refractivity contribution < 1.29 is 4.79 Å². The van der Waals surface area contributed by atoms with Crippen molar-refractivity contribution in [3.8, 4) is 0 Å². The lowest BCUT2D eigenvalue weighted by Crippen LogP contribution is -2.40. The van der Waals surface area contributed by atoms with Gasteiger partial charge in [-0.1, -0.05) is 12.1 Å². The van der Waals surface area contributed by atoms with E-state index < -0.39 is 0 Å². The molecule has 132 valence electrons. The first-order chi connectivity index (χ1) is 12.7.